The first-order valence-electron chi connectivity index (χ1n) is 8.11. The molecule has 3 nitrogen and oxygen atoms in total. The molecule has 21 heavy (non-hydrogen) atoms. The molecule has 1 saturated carbocycles. The van der Waals surface area contributed by atoms with E-state index in [4.69, 9.17) is 11.6 Å². The Morgan fingerprint density at radius 2 is 1.71 bits per heavy atom. The molecule has 0 spiro atoms. The summed E-state index contributed by atoms with van der Waals surface area (Å²) in [5.41, 5.74) is 0. The molecule has 124 valence electrons. The normalized spacial score (nSPS) is 19.1. The molecular weight excluding hydrogens is 350 g/mol. The monoisotopic (exact) mass is 379 g/mol. The fourth-order valence-corrected chi connectivity index (χ4v) is 2.42. The zero-order valence-corrected chi connectivity index (χ0v) is 16.8. The fourth-order valence-electron chi connectivity index (χ4n) is 1.98. The Kier molecular flexibility index (Phi) is 15.9. The molecule has 1 heterocycles. The van der Waals surface area contributed by atoms with Crippen LogP contribution in [0.2, 0.25) is 5.28 Å². The SMILES string of the molecule is CC.CC.CC.CC1CCCC1Nc1nc(Cl)ncc1Br. The second kappa shape index (κ2) is 14.6. The highest BCUT2D eigenvalue weighted by molar-refractivity contribution is 9.10. The lowest BCUT2D eigenvalue weighted by atomic mass is 10.1. The van der Waals surface area contributed by atoms with Gasteiger partial charge in [-0.1, -0.05) is 54.9 Å². The van der Waals surface area contributed by atoms with Crippen molar-refractivity contribution in [3.8, 4) is 0 Å². The fraction of sp³-hybridized carbons (Fsp3) is 0.750. The second-order valence-corrected chi connectivity index (χ2v) is 5.19. The summed E-state index contributed by atoms with van der Waals surface area (Å²) in [5, 5.41) is 3.70. The Morgan fingerprint density at radius 3 is 2.19 bits per heavy atom. The van der Waals surface area contributed by atoms with Crippen LogP contribution in [-0.2, 0) is 0 Å². The molecule has 1 aliphatic rings. The van der Waals surface area contributed by atoms with Crippen LogP contribution in [0.25, 0.3) is 0 Å². The number of halogens is 2. The van der Waals surface area contributed by atoms with E-state index < -0.39 is 0 Å². The number of hydrogen-bond acceptors (Lipinski definition) is 3. The van der Waals surface area contributed by atoms with Crippen LogP contribution in [0.4, 0.5) is 5.82 Å². The van der Waals surface area contributed by atoms with Gasteiger partial charge in [0.1, 0.15) is 5.82 Å². The molecule has 0 bridgehead atoms. The first-order valence-corrected chi connectivity index (χ1v) is 9.28. The van der Waals surface area contributed by atoms with E-state index in [1.54, 1.807) is 6.20 Å². The van der Waals surface area contributed by atoms with Gasteiger partial charge < -0.3 is 5.32 Å². The van der Waals surface area contributed by atoms with Crippen LogP contribution in [0.1, 0.15) is 67.7 Å². The molecule has 1 aromatic heterocycles. The molecular formula is C16H31BrClN3. The summed E-state index contributed by atoms with van der Waals surface area (Å²) in [7, 11) is 0. The van der Waals surface area contributed by atoms with Crippen LogP contribution in [0.15, 0.2) is 10.7 Å². The average molecular weight is 381 g/mol. The summed E-state index contributed by atoms with van der Waals surface area (Å²) in [5.74, 6) is 1.50. The highest BCUT2D eigenvalue weighted by Crippen LogP contribution is 2.29. The lowest BCUT2D eigenvalue weighted by molar-refractivity contribution is 0.554. The Bertz CT molecular complexity index is 361. The second-order valence-electron chi connectivity index (χ2n) is 3.99. The largest absolute Gasteiger partial charge is 0.366 e. The van der Waals surface area contributed by atoms with Crippen LogP contribution in [0.3, 0.4) is 0 Å². The third kappa shape index (κ3) is 8.62. The van der Waals surface area contributed by atoms with Gasteiger partial charge in [0.25, 0.3) is 0 Å². The van der Waals surface area contributed by atoms with Gasteiger partial charge in [-0.25, -0.2) is 4.98 Å². The molecule has 1 fully saturated rings. The summed E-state index contributed by atoms with van der Waals surface area (Å²) in [6.45, 7) is 14.3. The van der Waals surface area contributed by atoms with Gasteiger partial charge in [-0.05, 0) is 46.3 Å². The third-order valence-electron chi connectivity index (χ3n) is 2.90. The Balaban J connectivity index is 0. The summed E-state index contributed by atoms with van der Waals surface area (Å²) in [6, 6.07) is 0.507. The van der Waals surface area contributed by atoms with Gasteiger partial charge in [0.05, 0.1) is 4.47 Å². The van der Waals surface area contributed by atoms with Crippen molar-refractivity contribution in [2.24, 2.45) is 5.92 Å². The third-order valence-corrected chi connectivity index (χ3v) is 3.66. The quantitative estimate of drug-likeness (QED) is 0.589. The molecule has 0 radical (unpaired) electrons. The van der Waals surface area contributed by atoms with Crippen molar-refractivity contribution in [2.75, 3.05) is 5.32 Å². The molecule has 0 saturated heterocycles. The van der Waals surface area contributed by atoms with E-state index in [0.29, 0.717) is 12.0 Å². The van der Waals surface area contributed by atoms with Crippen LogP contribution in [0, 0.1) is 5.92 Å². The van der Waals surface area contributed by atoms with Crippen molar-refractivity contribution >= 4 is 33.3 Å². The molecule has 1 aliphatic carbocycles. The molecule has 2 atom stereocenters. The minimum atomic E-state index is 0.284. The van der Waals surface area contributed by atoms with Crippen LogP contribution < -0.4 is 5.32 Å². The summed E-state index contributed by atoms with van der Waals surface area (Å²) >= 11 is 9.17. The van der Waals surface area contributed by atoms with Crippen LogP contribution >= 0.6 is 27.5 Å². The Labute approximate surface area is 144 Å². The smallest absolute Gasteiger partial charge is 0.224 e. The lowest BCUT2D eigenvalue weighted by Crippen LogP contribution is -2.22. The van der Waals surface area contributed by atoms with E-state index in [9.17, 15) is 0 Å². The molecule has 0 aromatic carbocycles. The van der Waals surface area contributed by atoms with E-state index in [2.05, 4.69) is 38.1 Å². The van der Waals surface area contributed by atoms with Gasteiger partial charge in [0.15, 0.2) is 0 Å². The molecule has 0 amide bonds. The molecule has 1 aromatic rings. The topological polar surface area (TPSA) is 37.8 Å². The van der Waals surface area contributed by atoms with E-state index in [1.807, 2.05) is 41.5 Å². The lowest BCUT2D eigenvalue weighted by Gasteiger charge is -2.18. The number of nitrogens with one attached hydrogen (secondary N) is 1. The number of anilines is 1. The highest BCUT2D eigenvalue weighted by Gasteiger charge is 2.24. The van der Waals surface area contributed by atoms with Gasteiger partial charge in [-0.2, -0.15) is 4.98 Å². The van der Waals surface area contributed by atoms with E-state index in [1.165, 1.54) is 19.3 Å². The van der Waals surface area contributed by atoms with E-state index >= 15 is 0 Å². The molecule has 1 N–H and O–H groups in total. The minimum absolute atomic E-state index is 0.284. The average Bonchev–Trinajstić information content (AvgIpc) is 2.94. The number of aromatic nitrogens is 2. The Morgan fingerprint density at radius 1 is 1.14 bits per heavy atom. The zero-order valence-electron chi connectivity index (χ0n) is 14.5. The first-order chi connectivity index (χ1) is 10.2. The van der Waals surface area contributed by atoms with E-state index in [-0.39, 0.29) is 5.28 Å². The minimum Gasteiger partial charge on any atom is -0.366 e. The van der Waals surface area contributed by atoms with Gasteiger partial charge in [-0.3, -0.25) is 0 Å². The van der Waals surface area contributed by atoms with E-state index in [0.717, 1.165) is 10.3 Å². The standard InChI is InChI=1S/C10H13BrClN3.3C2H6/c1-6-3-2-4-8(6)14-9-7(11)5-13-10(12)15-9;3*1-2/h5-6,8H,2-4H2,1H3,(H,13,14,15);3*1-2H3. The van der Waals surface area contributed by atoms with Gasteiger partial charge in [-0.15, -0.1) is 0 Å². The Hall–Kier alpha value is -0.350. The van der Waals surface area contributed by atoms with Crippen molar-refractivity contribution in [1.29, 1.82) is 0 Å². The van der Waals surface area contributed by atoms with Gasteiger partial charge in [0.2, 0.25) is 5.28 Å². The van der Waals surface area contributed by atoms with Gasteiger partial charge in [0, 0.05) is 12.2 Å². The van der Waals surface area contributed by atoms with Crippen molar-refractivity contribution in [3.05, 3.63) is 16.0 Å². The predicted octanol–water partition coefficient (Wildman–Crippen LogP) is 6.57. The predicted molar refractivity (Wildman–Crippen MR) is 99.2 cm³/mol. The van der Waals surface area contributed by atoms with Gasteiger partial charge >= 0.3 is 0 Å². The maximum Gasteiger partial charge on any atom is 0.224 e. The maximum atomic E-state index is 5.76. The van der Waals surface area contributed by atoms with Crippen molar-refractivity contribution in [3.63, 3.8) is 0 Å². The first kappa shape index (κ1) is 22.9. The summed E-state index contributed by atoms with van der Waals surface area (Å²) < 4.78 is 0.867. The van der Waals surface area contributed by atoms with Crippen molar-refractivity contribution < 1.29 is 0 Å². The zero-order chi connectivity index (χ0) is 16.8. The highest BCUT2D eigenvalue weighted by atomic mass is 79.9. The molecule has 2 rings (SSSR count). The number of hydrogen-bond donors (Lipinski definition) is 1. The molecule has 5 heteroatoms. The maximum absolute atomic E-state index is 5.76. The van der Waals surface area contributed by atoms with Crippen molar-refractivity contribution in [1.82, 2.24) is 9.97 Å². The molecule has 2 unspecified atom stereocenters. The van der Waals surface area contributed by atoms with Crippen LogP contribution in [0.5, 0.6) is 0 Å². The number of nitrogens with zero attached hydrogens (tertiary/aromatic N) is 2. The van der Waals surface area contributed by atoms with Crippen molar-refractivity contribution in [2.45, 2.75) is 73.8 Å². The summed E-state index contributed by atoms with van der Waals surface area (Å²) in [6.07, 6.45) is 5.45. The molecule has 0 aliphatic heterocycles. The summed E-state index contributed by atoms with van der Waals surface area (Å²) in [4.78, 5) is 8.07. The van der Waals surface area contributed by atoms with Crippen LogP contribution in [-0.4, -0.2) is 16.0 Å². The number of rotatable bonds is 2.